The fourth-order valence-corrected chi connectivity index (χ4v) is 5.42. The van der Waals surface area contributed by atoms with Crippen LogP contribution in [0.2, 0.25) is 10.3 Å². The summed E-state index contributed by atoms with van der Waals surface area (Å²) in [7, 11) is 0. The van der Waals surface area contributed by atoms with Gasteiger partial charge in [-0.25, -0.2) is 14.4 Å². The fraction of sp³-hybridized carbons (Fsp3) is 0.360. The van der Waals surface area contributed by atoms with Gasteiger partial charge in [0.05, 0.1) is 5.02 Å². The van der Waals surface area contributed by atoms with E-state index in [1.54, 1.807) is 36.7 Å². The molecule has 3 aromatic heterocycles. The number of hydrogen-bond donors (Lipinski definition) is 0. The Morgan fingerprint density at radius 1 is 1.06 bits per heavy atom. The summed E-state index contributed by atoms with van der Waals surface area (Å²) in [6, 6.07) is 8.27. The third kappa shape index (κ3) is 4.64. The van der Waals surface area contributed by atoms with Crippen molar-refractivity contribution >= 4 is 46.0 Å². The van der Waals surface area contributed by atoms with Crippen molar-refractivity contribution in [1.82, 2.24) is 24.5 Å². The van der Waals surface area contributed by atoms with Gasteiger partial charge in [0.25, 0.3) is 0 Å². The lowest BCUT2D eigenvalue weighted by atomic mass is 9.83. The van der Waals surface area contributed by atoms with Gasteiger partial charge in [-0.15, -0.1) is 11.6 Å². The molecule has 5 nitrogen and oxygen atoms in total. The molecule has 0 saturated heterocycles. The van der Waals surface area contributed by atoms with Gasteiger partial charge < -0.3 is 4.57 Å². The largest absolute Gasteiger partial charge is 0.323 e. The van der Waals surface area contributed by atoms with Gasteiger partial charge >= 0.3 is 0 Å². The number of benzene rings is 1. The van der Waals surface area contributed by atoms with Crippen LogP contribution in [0.15, 0.2) is 42.7 Å². The molecule has 0 radical (unpaired) electrons. The van der Waals surface area contributed by atoms with E-state index in [0.717, 1.165) is 18.8 Å². The van der Waals surface area contributed by atoms with Crippen molar-refractivity contribution in [3.05, 3.63) is 70.2 Å². The summed E-state index contributed by atoms with van der Waals surface area (Å²) in [5, 5.41) is -0.265. The predicted octanol–water partition coefficient (Wildman–Crippen LogP) is 7.49. The van der Waals surface area contributed by atoms with Crippen LogP contribution in [0.5, 0.6) is 0 Å². The van der Waals surface area contributed by atoms with Gasteiger partial charge in [0.15, 0.2) is 5.65 Å². The lowest BCUT2D eigenvalue weighted by molar-refractivity contribution is 0.265. The van der Waals surface area contributed by atoms with E-state index >= 15 is 0 Å². The molecular weight excluding hydrogens is 496 g/mol. The van der Waals surface area contributed by atoms with E-state index in [1.807, 2.05) is 4.57 Å². The Morgan fingerprint density at radius 3 is 2.56 bits per heavy atom. The first-order valence-electron chi connectivity index (χ1n) is 11.3. The molecular formula is C25H23Cl3FN5. The van der Waals surface area contributed by atoms with Crippen molar-refractivity contribution in [3.8, 4) is 11.3 Å². The maximum absolute atomic E-state index is 14.7. The molecule has 1 unspecified atom stereocenters. The minimum absolute atomic E-state index is 0.0576. The zero-order valence-corrected chi connectivity index (χ0v) is 20.8. The number of alkyl halides is 1. The lowest BCUT2D eigenvalue weighted by Gasteiger charge is -2.27. The molecule has 1 atom stereocenters. The highest BCUT2D eigenvalue weighted by Crippen LogP contribution is 2.38. The summed E-state index contributed by atoms with van der Waals surface area (Å²) in [6.45, 7) is 2.98. The summed E-state index contributed by atoms with van der Waals surface area (Å²) in [4.78, 5) is 17.9. The number of aromatic nitrogens is 5. The molecule has 0 spiro atoms. The minimum Gasteiger partial charge on any atom is -0.323 e. The van der Waals surface area contributed by atoms with Gasteiger partial charge in [-0.05, 0) is 48.4 Å². The smallest absolute Gasteiger partial charge is 0.225 e. The first kappa shape index (κ1) is 23.5. The molecule has 1 aromatic carbocycles. The molecule has 9 heteroatoms. The first-order chi connectivity index (χ1) is 16.4. The second kappa shape index (κ2) is 9.76. The van der Waals surface area contributed by atoms with Gasteiger partial charge in [-0.2, -0.15) is 4.98 Å². The van der Waals surface area contributed by atoms with Crippen molar-refractivity contribution in [2.24, 2.45) is 11.8 Å². The highest BCUT2D eigenvalue weighted by Gasteiger charge is 2.28. The molecule has 5 rings (SSSR count). The van der Waals surface area contributed by atoms with Crippen molar-refractivity contribution in [2.45, 2.75) is 44.5 Å². The molecule has 1 aliphatic carbocycles. The van der Waals surface area contributed by atoms with Crippen LogP contribution in [0, 0.1) is 17.7 Å². The Labute approximate surface area is 212 Å². The van der Waals surface area contributed by atoms with Crippen LogP contribution in [0.3, 0.4) is 0 Å². The topological polar surface area (TPSA) is 56.5 Å². The molecule has 0 aliphatic heterocycles. The van der Waals surface area contributed by atoms with Crippen LogP contribution < -0.4 is 0 Å². The molecule has 176 valence electrons. The molecule has 1 saturated carbocycles. The van der Waals surface area contributed by atoms with Crippen molar-refractivity contribution in [1.29, 1.82) is 0 Å². The van der Waals surface area contributed by atoms with E-state index in [2.05, 4.69) is 21.9 Å². The SMILES string of the molecule is C[C@H]1CC[C@H](Cn2c(C(Cl)c3ccccc3F)nc3nc(Cl)nc(-c4cncc(Cl)c4)c32)CC1. The quantitative estimate of drug-likeness (QED) is 0.203. The fourth-order valence-electron chi connectivity index (χ4n) is 4.74. The van der Waals surface area contributed by atoms with E-state index < -0.39 is 5.38 Å². The van der Waals surface area contributed by atoms with Crippen molar-refractivity contribution in [2.75, 3.05) is 0 Å². The van der Waals surface area contributed by atoms with Crippen molar-refractivity contribution in [3.63, 3.8) is 0 Å². The summed E-state index contributed by atoms with van der Waals surface area (Å²) in [6.07, 6.45) is 7.81. The first-order valence-corrected chi connectivity index (χ1v) is 12.5. The lowest BCUT2D eigenvalue weighted by Crippen LogP contribution is -2.20. The van der Waals surface area contributed by atoms with Crippen LogP contribution in [0.4, 0.5) is 4.39 Å². The average molecular weight is 519 g/mol. The Bertz CT molecular complexity index is 1330. The van der Waals surface area contributed by atoms with Gasteiger partial charge in [0.2, 0.25) is 5.28 Å². The summed E-state index contributed by atoms with van der Waals surface area (Å²) >= 11 is 19.4. The predicted molar refractivity (Wildman–Crippen MR) is 134 cm³/mol. The van der Waals surface area contributed by atoms with Gasteiger partial charge in [0, 0.05) is 30.1 Å². The maximum Gasteiger partial charge on any atom is 0.225 e. The highest BCUT2D eigenvalue weighted by atomic mass is 35.5. The van der Waals surface area contributed by atoms with Gasteiger partial charge in [-0.3, -0.25) is 4.98 Å². The molecule has 0 bridgehead atoms. The molecule has 34 heavy (non-hydrogen) atoms. The van der Waals surface area contributed by atoms with E-state index in [1.165, 1.54) is 18.9 Å². The number of halogens is 4. The highest BCUT2D eigenvalue weighted by molar-refractivity contribution is 6.31. The second-order valence-corrected chi connectivity index (χ2v) is 10.2. The van der Waals surface area contributed by atoms with Crippen LogP contribution in [-0.4, -0.2) is 24.5 Å². The van der Waals surface area contributed by atoms with E-state index in [4.69, 9.17) is 39.8 Å². The molecule has 4 aromatic rings. The molecule has 1 aliphatic rings. The third-order valence-electron chi connectivity index (χ3n) is 6.56. The van der Waals surface area contributed by atoms with Crippen LogP contribution in [-0.2, 0) is 6.54 Å². The minimum atomic E-state index is -0.804. The van der Waals surface area contributed by atoms with Gasteiger partial charge in [-0.1, -0.05) is 49.6 Å². The standard InChI is InChI=1S/C25H23Cl3FN5/c1-14-6-8-15(9-7-14)13-34-22-21(16-10-17(26)12-30-11-16)31-25(28)33-23(22)32-24(34)20(27)18-4-2-3-5-19(18)29/h2-5,10-12,14-15,20H,6-9,13H2,1H3/t14-,15-,20?. The van der Waals surface area contributed by atoms with E-state index in [-0.39, 0.29) is 11.1 Å². The normalized spacial score (nSPS) is 19.4. The molecule has 0 amide bonds. The number of fused-ring (bicyclic) bond motifs is 1. The monoisotopic (exact) mass is 517 g/mol. The van der Waals surface area contributed by atoms with Crippen LogP contribution >= 0.6 is 34.8 Å². The number of nitrogens with zero attached hydrogens (tertiary/aromatic N) is 5. The summed E-state index contributed by atoms with van der Waals surface area (Å²) < 4.78 is 16.7. The Balaban J connectivity index is 1.71. The Morgan fingerprint density at radius 2 is 1.82 bits per heavy atom. The number of rotatable bonds is 5. The Kier molecular flexibility index (Phi) is 6.74. The molecule has 3 heterocycles. The van der Waals surface area contributed by atoms with E-state index in [9.17, 15) is 4.39 Å². The third-order valence-corrected chi connectivity index (χ3v) is 7.37. The number of pyridine rings is 1. The molecule has 0 N–H and O–H groups in total. The zero-order chi connectivity index (χ0) is 23.8. The van der Waals surface area contributed by atoms with Crippen molar-refractivity contribution < 1.29 is 4.39 Å². The van der Waals surface area contributed by atoms with Crippen LogP contribution in [0.25, 0.3) is 22.4 Å². The second-order valence-electron chi connectivity index (χ2n) is 9.00. The molecule has 1 fully saturated rings. The maximum atomic E-state index is 14.7. The van der Waals surface area contributed by atoms with Gasteiger partial charge in [0.1, 0.15) is 28.2 Å². The summed E-state index contributed by atoms with van der Waals surface area (Å²) in [5.74, 6) is 1.31. The average Bonchev–Trinajstić information content (AvgIpc) is 3.17. The van der Waals surface area contributed by atoms with Crippen LogP contribution in [0.1, 0.15) is 49.4 Å². The Hall–Kier alpha value is -2.28. The summed E-state index contributed by atoms with van der Waals surface area (Å²) in [5.41, 5.74) is 2.75. The van der Waals surface area contributed by atoms with E-state index in [0.29, 0.717) is 51.3 Å². The zero-order valence-electron chi connectivity index (χ0n) is 18.6. The number of hydrogen-bond acceptors (Lipinski definition) is 4. The number of imidazole rings is 1.